The van der Waals surface area contributed by atoms with Crippen LogP contribution >= 0.6 is 11.8 Å². The Morgan fingerprint density at radius 3 is 2.42 bits per heavy atom. The minimum absolute atomic E-state index is 0.142. The normalized spacial score (nSPS) is 11.9. The fourth-order valence-corrected chi connectivity index (χ4v) is 5.03. The SMILES string of the molecule is CC[C@H](Sc1nc2cc(OC)c(OC)cc2c2nc(-c3ccccc3)nn12)C(=O)Nc1cccc(OC)c1. The van der Waals surface area contributed by atoms with Crippen molar-refractivity contribution in [1.29, 1.82) is 0 Å². The van der Waals surface area contributed by atoms with E-state index in [1.54, 1.807) is 31.9 Å². The molecule has 0 spiro atoms. The first-order chi connectivity index (χ1) is 18.5. The number of carbonyl (C=O) groups is 1. The number of methoxy groups -OCH3 is 3. The molecule has 0 aliphatic heterocycles. The zero-order valence-electron chi connectivity index (χ0n) is 21.5. The molecular weight excluding hydrogens is 502 g/mol. The lowest BCUT2D eigenvalue weighted by atomic mass is 10.2. The van der Waals surface area contributed by atoms with Gasteiger partial charge in [0.15, 0.2) is 28.1 Å². The van der Waals surface area contributed by atoms with Crippen LogP contribution in [0.1, 0.15) is 13.3 Å². The molecule has 0 radical (unpaired) electrons. The summed E-state index contributed by atoms with van der Waals surface area (Å²) >= 11 is 1.34. The number of carbonyl (C=O) groups excluding carboxylic acids is 1. The maximum absolute atomic E-state index is 13.3. The van der Waals surface area contributed by atoms with Gasteiger partial charge in [0.1, 0.15) is 5.75 Å². The van der Waals surface area contributed by atoms with Crippen molar-refractivity contribution in [2.45, 2.75) is 23.8 Å². The van der Waals surface area contributed by atoms with Gasteiger partial charge in [-0.2, -0.15) is 4.52 Å². The van der Waals surface area contributed by atoms with Gasteiger partial charge in [0.05, 0.1) is 32.1 Å². The molecule has 2 heterocycles. The molecule has 0 aliphatic carbocycles. The molecule has 2 aromatic heterocycles. The number of amides is 1. The van der Waals surface area contributed by atoms with E-state index in [-0.39, 0.29) is 5.91 Å². The number of hydrogen-bond donors (Lipinski definition) is 1. The largest absolute Gasteiger partial charge is 0.497 e. The summed E-state index contributed by atoms with van der Waals surface area (Å²) < 4.78 is 18.0. The maximum Gasteiger partial charge on any atom is 0.237 e. The maximum atomic E-state index is 13.3. The Hall–Kier alpha value is -4.31. The first-order valence-electron chi connectivity index (χ1n) is 12.0. The molecule has 0 fully saturated rings. The summed E-state index contributed by atoms with van der Waals surface area (Å²) in [4.78, 5) is 23.0. The van der Waals surface area contributed by atoms with Gasteiger partial charge in [0.25, 0.3) is 0 Å². The van der Waals surface area contributed by atoms with Crippen molar-refractivity contribution < 1.29 is 19.0 Å². The number of anilines is 1. The first-order valence-corrected chi connectivity index (χ1v) is 12.9. The number of nitrogens with one attached hydrogen (secondary N) is 1. The lowest BCUT2D eigenvalue weighted by Gasteiger charge is -2.16. The van der Waals surface area contributed by atoms with Crippen molar-refractivity contribution in [1.82, 2.24) is 19.6 Å². The molecule has 3 aromatic carbocycles. The van der Waals surface area contributed by atoms with Gasteiger partial charge in [0.2, 0.25) is 5.91 Å². The Bertz CT molecular complexity index is 1610. The van der Waals surface area contributed by atoms with Crippen LogP contribution < -0.4 is 19.5 Å². The number of benzene rings is 3. The molecule has 1 N–H and O–H groups in total. The molecule has 194 valence electrons. The summed E-state index contributed by atoms with van der Waals surface area (Å²) in [5, 5.41) is 8.65. The Morgan fingerprint density at radius 1 is 0.947 bits per heavy atom. The molecule has 0 unspecified atom stereocenters. The van der Waals surface area contributed by atoms with Gasteiger partial charge >= 0.3 is 0 Å². The van der Waals surface area contributed by atoms with E-state index in [1.165, 1.54) is 11.8 Å². The van der Waals surface area contributed by atoms with E-state index in [1.807, 2.05) is 67.6 Å². The fourth-order valence-electron chi connectivity index (χ4n) is 4.07. The minimum atomic E-state index is -0.432. The van der Waals surface area contributed by atoms with Gasteiger partial charge in [-0.25, -0.2) is 9.97 Å². The van der Waals surface area contributed by atoms with Crippen LogP contribution in [0.25, 0.3) is 27.9 Å². The summed E-state index contributed by atoms with van der Waals surface area (Å²) in [5.74, 6) is 2.21. The molecule has 9 nitrogen and oxygen atoms in total. The summed E-state index contributed by atoms with van der Waals surface area (Å²) in [7, 11) is 4.76. The van der Waals surface area contributed by atoms with E-state index in [4.69, 9.17) is 29.3 Å². The van der Waals surface area contributed by atoms with Crippen LogP contribution in [-0.2, 0) is 4.79 Å². The average Bonchev–Trinajstić information content (AvgIpc) is 3.41. The highest BCUT2D eigenvalue weighted by atomic mass is 32.2. The molecule has 0 aliphatic rings. The molecule has 0 saturated carbocycles. The van der Waals surface area contributed by atoms with Crippen molar-refractivity contribution in [2.75, 3.05) is 26.6 Å². The fraction of sp³-hybridized carbons (Fsp3) is 0.214. The molecule has 1 atom stereocenters. The topological polar surface area (TPSA) is 99.9 Å². The lowest BCUT2D eigenvalue weighted by Crippen LogP contribution is -2.25. The third-order valence-electron chi connectivity index (χ3n) is 6.03. The molecule has 0 saturated heterocycles. The molecular formula is C28H27N5O4S. The Balaban J connectivity index is 1.59. The van der Waals surface area contributed by atoms with E-state index in [9.17, 15) is 4.79 Å². The minimum Gasteiger partial charge on any atom is -0.497 e. The summed E-state index contributed by atoms with van der Waals surface area (Å²) in [6, 6.07) is 20.7. The van der Waals surface area contributed by atoms with Gasteiger partial charge in [0, 0.05) is 28.8 Å². The average molecular weight is 530 g/mol. The number of thioether (sulfide) groups is 1. The van der Waals surface area contributed by atoms with E-state index < -0.39 is 5.25 Å². The van der Waals surface area contributed by atoms with Crippen LogP contribution in [0, 0.1) is 0 Å². The third-order valence-corrected chi connectivity index (χ3v) is 7.33. The second kappa shape index (κ2) is 11.0. The quantitative estimate of drug-likeness (QED) is 0.198. The van der Waals surface area contributed by atoms with Gasteiger partial charge in [-0.05, 0) is 24.6 Å². The van der Waals surface area contributed by atoms with Crippen molar-refractivity contribution in [2.24, 2.45) is 0 Å². The highest BCUT2D eigenvalue weighted by Gasteiger charge is 2.24. The predicted molar refractivity (Wildman–Crippen MR) is 148 cm³/mol. The van der Waals surface area contributed by atoms with E-state index in [0.29, 0.717) is 51.5 Å². The van der Waals surface area contributed by atoms with Gasteiger partial charge in [-0.1, -0.05) is 55.1 Å². The summed E-state index contributed by atoms with van der Waals surface area (Å²) in [6.07, 6.45) is 0.577. The number of hydrogen-bond acceptors (Lipinski definition) is 8. The molecule has 0 bridgehead atoms. The number of rotatable bonds is 9. The smallest absolute Gasteiger partial charge is 0.237 e. The van der Waals surface area contributed by atoms with Crippen LogP contribution in [0.4, 0.5) is 5.69 Å². The second-order valence-electron chi connectivity index (χ2n) is 8.39. The Morgan fingerprint density at radius 2 is 1.71 bits per heavy atom. The van der Waals surface area contributed by atoms with E-state index >= 15 is 0 Å². The monoisotopic (exact) mass is 529 g/mol. The summed E-state index contributed by atoms with van der Waals surface area (Å²) in [5.41, 5.74) is 2.81. The Labute approximate surface area is 224 Å². The predicted octanol–water partition coefficient (Wildman–Crippen LogP) is 5.48. The van der Waals surface area contributed by atoms with Crippen LogP contribution in [0.2, 0.25) is 0 Å². The van der Waals surface area contributed by atoms with Gasteiger partial charge < -0.3 is 19.5 Å². The molecule has 38 heavy (non-hydrogen) atoms. The molecule has 1 amide bonds. The summed E-state index contributed by atoms with van der Waals surface area (Å²) in [6.45, 7) is 1.96. The van der Waals surface area contributed by atoms with Crippen molar-refractivity contribution >= 4 is 39.9 Å². The van der Waals surface area contributed by atoms with E-state index in [0.717, 1.165) is 10.9 Å². The van der Waals surface area contributed by atoms with Gasteiger partial charge in [-0.15, -0.1) is 5.10 Å². The zero-order valence-corrected chi connectivity index (χ0v) is 22.3. The second-order valence-corrected chi connectivity index (χ2v) is 9.56. The number of aromatic nitrogens is 4. The standard InChI is InChI=1S/C28H27N5O4S/c1-5-24(27(34)29-18-12-9-13-19(14-18)35-2)38-28-30-21-16-23(37-4)22(36-3)15-20(21)26-31-25(32-33(26)28)17-10-7-6-8-11-17/h6-16,24H,5H2,1-4H3,(H,29,34)/t24-/m0/s1. The van der Waals surface area contributed by atoms with Crippen molar-refractivity contribution in [3.05, 3.63) is 66.7 Å². The number of ether oxygens (including phenoxy) is 3. The van der Waals surface area contributed by atoms with Crippen molar-refractivity contribution in [3.8, 4) is 28.6 Å². The van der Waals surface area contributed by atoms with Crippen molar-refractivity contribution in [3.63, 3.8) is 0 Å². The number of fused-ring (bicyclic) bond motifs is 3. The highest BCUT2D eigenvalue weighted by Crippen LogP contribution is 2.36. The van der Waals surface area contributed by atoms with Crippen LogP contribution in [0.3, 0.4) is 0 Å². The molecule has 5 rings (SSSR count). The van der Waals surface area contributed by atoms with Crippen LogP contribution in [0.5, 0.6) is 17.2 Å². The third kappa shape index (κ3) is 4.95. The van der Waals surface area contributed by atoms with Crippen LogP contribution in [-0.4, -0.2) is 52.1 Å². The van der Waals surface area contributed by atoms with Gasteiger partial charge in [-0.3, -0.25) is 4.79 Å². The first kappa shape index (κ1) is 25.3. The highest BCUT2D eigenvalue weighted by molar-refractivity contribution is 8.00. The molecule has 10 heteroatoms. The molecule has 5 aromatic rings. The van der Waals surface area contributed by atoms with E-state index in [2.05, 4.69) is 5.32 Å². The lowest BCUT2D eigenvalue weighted by molar-refractivity contribution is -0.115. The Kier molecular flexibility index (Phi) is 7.32. The number of nitrogens with zero attached hydrogens (tertiary/aromatic N) is 4. The van der Waals surface area contributed by atoms with Crippen LogP contribution in [0.15, 0.2) is 71.9 Å². The zero-order chi connectivity index (χ0) is 26.6.